The standard InChI is InChI=1S/C36H44N4O7/c1-4-46-31-18-16-26(24-32(31)45-3)13-10-20-37-35(43)28-17-19-33(41)38-29(23-25-11-6-5-7-12-25)36(44)40(2)21-22-47-30-15-9-8-14-27(30)34(42)39-28/h5-9,11-12,14-16,18,24,28-29H,4,10,13,17,19-23H2,1-3H3,(H,37,43)(H,38,41)(H,39,42)/t28-,29+/m0/s1. The van der Waals surface area contributed by atoms with Gasteiger partial charge in [-0.15, -0.1) is 0 Å². The van der Waals surface area contributed by atoms with E-state index in [0.29, 0.717) is 49.7 Å². The summed E-state index contributed by atoms with van der Waals surface area (Å²) in [7, 11) is 3.24. The number of nitrogens with one attached hydrogen (secondary N) is 3. The van der Waals surface area contributed by atoms with Crippen molar-refractivity contribution in [3.63, 3.8) is 0 Å². The maximum Gasteiger partial charge on any atom is 0.255 e. The minimum atomic E-state index is -0.997. The van der Waals surface area contributed by atoms with Crippen molar-refractivity contribution in [2.45, 2.75) is 51.1 Å². The van der Waals surface area contributed by atoms with E-state index in [2.05, 4.69) is 16.0 Å². The molecule has 0 fully saturated rings. The molecule has 1 aliphatic rings. The SMILES string of the molecule is CCOc1ccc(CCCNC(=O)[C@@H]2CCC(=O)N[C@H](Cc3ccccc3)C(=O)N(C)CCOc3ccccc3C(=O)N2)cc1OC. The number of hydrogen-bond acceptors (Lipinski definition) is 7. The summed E-state index contributed by atoms with van der Waals surface area (Å²) in [5.41, 5.74) is 2.18. The molecule has 250 valence electrons. The van der Waals surface area contributed by atoms with Crippen LogP contribution in [0.5, 0.6) is 17.2 Å². The lowest BCUT2D eigenvalue weighted by Gasteiger charge is -2.25. The number of rotatable bonds is 10. The second kappa shape index (κ2) is 17.6. The minimum Gasteiger partial charge on any atom is -0.493 e. The van der Waals surface area contributed by atoms with E-state index >= 15 is 0 Å². The number of hydrogen-bond donors (Lipinski definition) is 3. The van der Waals surface area contributed by atoms with Crippen molar-refractivity contribution >= 4 is 23.6 Å². The van der Waals surface area contributed by atoms with Gasteiger partial charge in [-0.2, -0.15) is 0 Å². The van der Waals surface area contributed by atoms with E-state index in [1.165, 1.54) is 4.90 Å². The summed E-state index contributed by atoms with van der Waals surface area (Å²) < 4.78 is 16.9. The number of carbonyl (C=O) groups is 4. The van der Waals surface area contributed by atoms with Crippen LogP contribution in [0.2, 0.25) is 0 Å². The quantitative estimate of drug-likeness (QED) is 0.288. The largest absolute Gasteiger partial charge is 0.493 e. The van der Waals surface area contributed by atoms with Gasteiger partial charge in [-0.1, -0.05) is 48.5 Å². The third kappa shape index (κ3) is 10.2. The summed E-state index contributed by atoms with van der Waals surface area (Å²) >= 11 is 0. The van der Waals surface area contributed by atoms with Crippen LogP contribution in [0.1, 0.15) is 47.7 Å². The molecule has 0 aromatic heterocycles. The first kappa shape index (κ1) is 34.8. The molecule has 1 aliphatic heterocycles. The van der Waals surface area contributed by atoms with Crippen LogP contribution in [0, 0.1) is 0 Å². The van der Waals surface area contributed by atoms with Crippen LogP contribution in [0.4, 0.5) is 0 Å². The van der Waals surface area contributed by atoms with Crippen LogP contribution < -0.4 is 30.2 Å². The van der Waals surface area contributed by atoms with Crippen LogP contribution in [0.25, 0.3) is 0 Å². The average Bonchev–Trinajstić information content (AvgIpc) is 3.08. The first-order valence-electron chi connectivity index (χ1n) is 16.0. The smallest absolute Gasteiger partial charge is 0.255 e. The van der Waals surface area contributed by atoms with Gasteiger partial charge in [0.25, 0.3) is 5.91 Å². The highest BCUT2D eigenvalue weighted by Gasteiger charge is 2.28. The number of fused-ring (bicyclic) bond motifs is 1. The first-order valence-corrected chi connectivity index (χ1v) is 16.0. The van der Waals surface area contributed by atoms with Gasteiger partial charge in [0, 0.05) is 26.4 Å². The van der Waals surface area contributed by atoms with Crippen molar-refractivity contribution in [2.24, 2.45) is 0 Å². The van der Waals surface area contributed by atoms with Gasteiger partial charge in [0.1, 0.15) is 24.4 Å². The molecule has 3 aromatic rings. The highest BCUT2D eigenvalue weighted by molar-refractivity contribution is 5.99. The van der Waals surface area contributed by atoms with E-state index in [1.54, 1.807) is 38.4 Å². The highest BCUT2D eigenvalue weighted by Crippen LogP contribution is 2.28. The lowest BCUT2D eigenvalue weighted by Crippen LogP contribution is -2.50. The number of para-hydroxylation sites is 1. The molecule has 11 nitrogen and oxygen atoms in total. The molecule has 11 heteroatoms. The van der Waals surface area contributed by atoms with E-state index < -0.39 is 29.8 Å². The number of benzene rings is 3. The molecule has 4 amide bonds. The van der Waals surface area contributed by atoms with Crippen LogP contribution >= 0.6 is 0 Å². The molecular formula is C36H44N4O7. The van der Waals surface area contributed by atoms with Gasteiger partial charge in [0.05, 0.1) is 25.8 Å². The molecule has 3 aromatic carbocycles. The fourth-order valence-electron chi connectivity index (χ4n) is 5.32. The van der Waals surface area contributed by atoms with Gasteiger partial charge in [0.2, 0.25) is 17.7 Å². The molecule has 1 heterocycles. The maximum absolute atomic E-state index is 13.4. The fourth-order valence-corrected chi connectivity index (χ4v) is 5.32. The number of amides is 4. The van der Waals surface area contributed by atoms with Crippen molar-refractivity contribution in [3.8, 4) is 17.2 Å². The van der Waals surface area contributed by atoms with E-state index in [-0.39, 0.29) is 37.5 Å². The maximum atomic E-state index is 13.4. The van der Waals surface area contributed by atoms with Crippen LogP contribution in [-0.2, 0) is 27.2 Å². The van der Waals surface area contributed by atoms with Crippen molar-refractivity contribution in [1.82, 2.24) is 20.9 Å². The predicted octanol–water partition coefficient (Wildman–Crippen LogP) is 3.30. The van der Waals surface area contributed by atoms with Gasteiger partial charge in [-0.25, -0.2) is 0 Å². The zero-order chi connectivity index (χ0) is 33.6. The molecule has 0 spiro atoms. The molecule has 4 rings (SSSR count). The number of nitrogens with zero attached hydrogens (tertiary/aromatic N) is 1. The van der Waals surface area contributed by atoms with Gasteiger partial charge >= 0.3 is 0 Å². The molecule has 3 N–H and O–H groups in total. The second-order valence-corrected chi connectivity index (χ2v) is 11.3. The number of aryl methyl sites for hydroxylation is 1. The molecule has 0 unspecified atom stereocenters. The Labute approximate surface area is 276 Å². The summed E-state index contributed by atoms with van der Waals surface area (Å²) in [5.74, 6) is 0.0946. The Balaban J connectivity index is 1.46. The Morgan fingerprint density at radius 1 is 0.979 bits per heavy atom. The zero-order valence-electron chi connectivity index (χ0n) is 27.3. The third-order valence-electron chi connectivity index (χ3n) is 7.86. The lowest BCUT2D eigenvalue weighted by molar-refractivity contribution is -0.135. The van der Waals surface area contributed by atoms with Gasteiger partial charge in [-0.05, 0) is 61.6 Å². The Morgan fingerprint density at radius 2 is 1.74 bits per heavy atom. The minimum absolute atomic E-state index is 0.0323. The monoisotopic (exact) mass is 644 g/mol. The molecule has 2 atom stereocenters. The van der Waals surface area contributed by atoms with Crippen molar-refractivity contribution < 1.29 is 33.4 Å². The zero-order valence-corrected chi connectivity index (χ0v) is 27.3. The molecule has 0 bridgehead atoms. The molecule has 0 radical (unpaired) electrons. The van der Waals surface area contributed by atoms with Crippen LogP contribution in [0.3, 0.4) is 0 Å². The topological polar surface area (TPSA) is 135 Å². The molecule has 0 aliphatic carbocycles. The fraction of sp³-hybridized carbons (Fsp3) is 0.389. The molecule has 0 saturated carbocycles. The molecular weight excluding hydrogens is 600 g/mol. The normalized spacial score (nSPS) is 17.6. The van der Waals surface area contributed by atoms with Gasteiger partial charge in [-0.3, -0.25) is 19.2 Å². The summed E-state index contributed by atoms with van der Waals surface area (Å²) in [6.07, 6.45) is 1.58. The van der Waals surface area contributed by atoms with Crippen LogP contribution in [-0.4, -0.2) is 81.1 Å². The van der Waals surface area contributed by atoms with Gasteiger partial charge in [0.15, 0.2) is 11.5 Å². The van der Waals surface area contributed by atoms with E-state index in [0.717, 1.165) is 11.1 Å². The number of ether oxygens (including phenoxy) is 3. The average molecular weight is 645 g/mol. The van der Waals surface area contributed by atoms with Gasteiger partial charge < -0.3 is 35.1 Å². The van der Waals surface area contributed by atoms with E-state index in [4.69, 9.17) is 14.2 Å². The number of likely N-dealkylation sites (N-methyl/N-ethyl adjacent to an activating group) is 1. The summed E-state index contributed by atoms with van der Waals surface area (Å²) in [4.78, 5) is 54.9. The summed E-state index contributed by atoms with van der Waals surface area (Å²) in [5, 5.41) is 8.57. The Hall–Kier alpha value is -5.06. The van der Waals surface area contributed by atoms with Crippen molar-refractivity contribution in [2.75, 3.05) is 40.5 Å². The predicted molar refractivity (Wildman–Crippen MR) is 178 cm³/mol. The number of carbonyl (C=O) groups excluding carboxylic acids is 4. The van der Waals surface area contributed by atoms with Crippen molar-refractivity contribution in [1.29, 1.82) is 0 Å². The Morgan fingerprint density at radius 3 is 2.51 bits per heavy atom. The number of methoxy groups -OCH3 is 1. The summed E-state index contributed by atoms with van der Waals surface area (Å²) in [6.45, 7) is 3.16. The second-order valence-electron chi connectivity index (χ2n) is 11.3. The molecule has 0 saturated heterocycles. The summed E-state index contributed by atoms with van der Waals surface area (Å²) in [6, 6.07) is 20.1. The Bertz CT molecular complexity index is 1510. The highest BCUT2D eigenvalue weighted by atomic mass is 16.5. The lowest BCUT2D eigenvalue weighted by atomic mass is 10.0. The Kier molecular flexibility index (Phi) is 13.0. The van der Waals surface area contributed by atoms with Crippen molar-refractivity contribution in [3.05, 3.63) is 89.5 Å². The van der Waals surface area contributed by atoms with E-state index in [1.807, 2.05) is 55.5 Å². The third-order valence-corrected chi connectivity index (χ3v) is 7.86. The van der Waals surface area contributed by atoms with E-state index in [9.17, 15) is 19.2 Å². The molecule has 47 heavy (non-hydrogen) atoms. The first-order chi connectivity index (χ1) is 22.8. The van der Waals surface area contributed by atoms with Crippen LogP contribution in [0.15, 0.2) is 72.8 Å².